The molecule has 0 aliphatic heterocycles. The van der Waals surface area contributed by atoms with Gasteiger partial charge in [-0.1, -0.05) is 29.8 Å². The summed E-state index contributed by atoms with van der Waals surface area (Å²) in [6, 6.07) is 4.11. The SMILES string of the molecule is C/C=C/c1cc(C)ccc1C(F)(F)F. The summed E-state index contributed by atoms with van der Waals surface area (Å²) < 4.78 is 37.4. The van der Waals surface area contributed by atoms with Gasteiger partial charge in [0.2, 0.25) is 0 Å². The van der Waals surface area contributed by atoms with Crippen LogP contribution in [0.2, 0.25) is 0 Å². The average Bonchev–Trinajstić information content (AvgIpc) is 2.02. The van der Waals surface area contributed by atoms with E-state index in [4.69, 9.17) is 0 Å². The minimum Gasteiger partial charge on any atom is -0.166 e. The number of hydrogen-bond donors (Lipinski definition) is 0. The maximum absolute atomic E-state index is 12.5. The Kier molecular flexibility index (Phi) is 2.99. The lowest BCUT2D eigenvalue weighted by atomic mass is 10.0. The van der Waals surface area contributed by atoms with E-state index < -0.39 is 11.7 Å². The molecular weight excluding hydrogens is 189 g/mol. The lowest BCUT2D eigenvalue weighted by Crippen LogP contribution is -2.07. The molecule has 0 spiro atoms. The molecule has 1 aromatic carbocycles. The first-order chi connectivity index (χ1) is 6.45. The van der Waals surface area contributed by atoms with Crippen LogP contribution in [0.4, 0.5) is 13.2 Å². The molecule has 0 aromatic heterocycles. The summed E-state index contributed by atoms with van der Waals surface area (Å²) in [6.07, 6.45) is -1.21. The van der Waals surface area contributed by atoms with Gasteiger partial charge in [-0.05, 0) is 25.5 Å². The molecule has 0 aliphatic rings. The number of hydrogen-bond acceptors (Lipinski definition) is 0. The second-order valence-electron chi connectivity index (χ2n) is 3.09. The van der Waals surface area contributed by atoms with Crippen molar-refractivity contribution in [2.45, 2.75) is 20.0 Å². The molecule has 0 atom stereocenters. The Hall–Kier alpha value is -1.25. The normalized spacial score (nSPS) is 12.4. The lowest BCUT2D eigenvalue weighted by Gasteiger charge is -2.10. The summed E-state index contributed by atoms with van der Waals surface area (Å²) in [5, 5.41) is 0. The Morgan fingerprint density at radius 1 is 1.21 bits per heavy atom. The van der Waals surface area contributed by atoms with Crippen LogP contribution in [0.15, 0.2) is 24.3 Å². The first-order valence-corrected chi connectivity index (χ1v) is 4.25. The zero-order chi connectivity index (χ0) is 10.8. The molecule has 0 unspecified atom stereocenters. The van der Waals surface area contributed by atoms with Gasteiger partial charge in [0.15, 0.2) is 0 Å². The summed E-state index contributed by atoms with van der Waals surface area (Å²) in [7, 11) is 0. The zero-order valence-corrected chi connectivity index (χ0v) is 8.02. The zero-order valence-electron chi connectivity index (χ0n) is 8.02. The molecule has 0 nitrogen and oxygen atoms in total. The van der Waals surface area contributed by atoms with E-state index in [0.29, 0.717) is 0 Å². The molecule has 0 N–H and O–H groups in total. The minimum atomic E-state index is -4.28. The molecule has 0 saturated carbocycles. The number of halogens is 3. The van der Waals surface area contributed by atoms with Crippen LogP contribution in [-0.4, -0.2) is 0 Å². The molecular formula is C11H11F3. The first-order valence-electron chi connectivity index (χ1n) is 4.25. The third-order valence-corrected chi connectivity index (χ3v) is 1.86. The Bertz CT molecular complexity index is 348. The Morgan fingerprint density at radius 3 is 2.36 bits per heavy atom. The highest BCUT2D eigenvalue weighted by molar-refractivity contribution is 5.55. The maximum atomic E-state index is 12.5. The summed E-state index contributed by atoms with van der Waals surface area (Å²) >= 11 is 0. The van der Waals surface area contributed by atoms with Crippen LogP contribution in [0.5, 0.6) is 0 Å². The van der Waals surface area contributed by atoms with Crippen molar-refractivity contribution in [1.82, 2.24) is 0 Å². The van der Waals surface area contributed by atoms with Crippen molar-refractivity contribution in [2.75, 3.05) is 0 Å². The fourth-order valence-corrected chi connectivity index (χ4v) is 1.26. The second-order valence-corrected chi connectivity index (χ2v) is 3.09. The second kappa shape index (κ2) is 3.86. The van der Waals surface area contributed by atoms with Gasteiger partial charge in [0.25, 0.3) is 0 Å². The van der Waals surface area contributed by atoms with Gasteiger partial charge in [-0.15, -0.1) is 0 Å². The monoisotopic (exact) mass is 200 g/mol. The Morgan fingerprint density at radius 2 is 1.86 bits per heavy atom. The number of aryl methyl sites for hydroxylation is 1. The Labute approximate surface area is 81.1 Å². The van der Waals surface area contributed by atoms with Crippen molar-refractivity contribution in [3.05, 3.63) is 41.0 Å². The average molecular weight is 200 g/mol. The van der Waals surface area contributed by atoms with Crippen LogP contribution in [0.25, 0.3) is 6.08 Å². The first kappa shape index (κ1) is 10.8. The molecule has 0 bridgehead atoms. The van der Waals surface area contributed by atoms with Gasteiger partial charge in [-0.25, -0.2) is 0 Å². The van der Waals surface area contributed by atoms with E-state index in [1.54, 1.807) is 19.9 Å². The standard InChI is InChI=1S/C11H11F3/c1-3-4-9-7-8(2)5-6-10(9)11(12,13)14/h3-7H,1-2H3/b4-3+. The smallest absolute Gasteiger partial charge is 0.166 e. The highest BCUT2D eigenvalue weighted by Gasteiger charge is 2.32. The Balaban J connectivity index is 3.29. The third-order valence-electron chi connectivity index (χ3n) is 1.86. The summed E-state index contributed by atoms with van der Waals surface area (Å²) in [6.45, 7) is 3.47. The van der Waals surface area contributed by atoms with E-state index >= 15 is 0 Å². The van der Waals surface area contributed by atoms with Crippen LogP contribution >= 0.6 is 0 Å². The van der Waals surface area contributed by atoms with Crippen LogP contribution in [-0.2, 0) is 6.18 Å². The predicted octanol–water partition coefficient (Wildman–Crippen LogP) is 4.05. The summed E-state index contributed by atoms with van der Waals surface area (Å²) in [5.41, 5.74) is 0.465. The summed E-state index contributed by atoms with van der Waals surface area (Å²) in [5.74, 6) is 0. The van der Waals surface area contributed by atoms with Crippen molar-refractivity contribution in [3.8, 4) is 0 Å². The van der Waals surface area contributed by atoms with Crippen LogP contribution in [0.3, 0.4) is 0 Å². The number of benzene rings is 1. The van der Waals surface area contributed by atoms with E-state index in [1.807, 2.05) is 0 Å². The van der Waals surface area contributed by atoms with E-state index in [9.17, 15) is 13.2 Å². The van der Waals surface area contributed by atoms with Gasteiger partial charge >= 0.3 is 6.18 Å². The maximum Gasteiger partial charge on any atom is 0.416 e. The van der Waals surface area contributed by atoms with Crippen molar-refractivity contribution in [3.63, 3.8) is 0 Å². The topological polar surface area (TPSA) is 0 Å². The molecule has 0 aliphatic carbocycles. The van der Waals surface area contributed by atoms with Crippen molar-refractivity contribution in [1.29, 1.82) is 0 Å². The van der Waals surface area contributed by atoms with Gasteiger partial charge in [0, 0.05) is 0 Å². The van der Waals surface area contributed by atoms with Crippen molar-refractivity contribution in [2.24, 2.45) is 0 Å². The molecule has 0 radical (unpaired) electrons. The molecule has 3 heteroatoms. The largest absolute Gasteiger partial charge is 0.416 e. The van der Waals surface area contributed by atoms with Gasteiger partial charge in [0.05, 0.1) is 5.56 Å². The van der Waals surface area contributed by atoms with E-state index in [2.05, 4.69) is 0 Å². The van der Waals surface area contributed by atoms with E-state index in [0.717, 1.165) is 11.6 Å². The molecule has 0 heterocycles. The number of rotatable bonds is 1. The van der Waals surface area contributed by atoms with Crippen molar-refractivity contribution < 1.29 is 13.2 Å². The minimum absolute atomic E-state index is 0.222. The number of alkyl halides is 3. The molecule has 14 heavy (non-hydrogen) atoms. The van der Waals surface area contributed by atoms with Gasteiger partial charge in [-0.2, -0.15) is 13.2 Å². The van der Waals surface area contributed by atoms with E-state index in [-0.39, 0.29) is 5.56 Å². The molecule has 0 fully saturated rings. The van der Waals surface area contributed by atoms with Gasteiger partial charge < -0.3 is 0 Å². The molecule has 0 saturated heterocycles. The lowest BCUT2D eigenvalue weighted by molar-refractivity contribution is -0.137. The highest BCUT2D eigenvalue weighted by Crippen LogP contribution is 2.32. The molecule has 76 valence electrons. The van der Waals surface area contributed by atoms with Crippen LogP contribution in [0.1, 0.15) is 23.6 Å². The molecule has 0 amide bonds. The molecule has 1 aromatic rings. The number of allylic oxidation sites excluding steroid dienone is 1. The summed E-state index contributed by atoms with van der Waals surface area (Å²) in [4.78, 5) is 0. The van der Waals surface area contributed by atoms with Crippen LogP contribution < -0.4 is 0 Å². The fourth-order valence-electron chi connectivity index (χ4n) is 1.26. The van der Waals surface area contributed by atoms with E-state index in [1.165, 1.54) is 18.2 Å². The van der Waals surface area contributed by atoms with Crippen molar-refractivity contribution >= 4 is 6.08 Å². The molecule has 1 rings (SSSR count). The quantitative estimate of drug-likeness (QED) is 0.641. The van der Waals surface area contributed by atoms with Gasteiger partial charge in [0.1, 0.15) is 0 Å². The predicted molar refractivity (Wildman–Crippen MR) is 50.9 cm³/mol. The van der Waals surface area contributed by atoms with Crippen LogP contribution in [0, 0.1) is 6.92 Å². The third kappa shape index (κ3) is 2.37. The highest BCUT2D eigenvalue weighted by atomic mass is 19.4. The van der Waals surface area contributed by atoms with Gasteiger partial charge in [-0.3, -0.25) is 0 Å². The fraction of sp³-hybridized carbons (Fsp3) is 0.273.